The summed E-state index contributed by atoms with van der Waals surface area (Å²) in [5.74, 6) is 2.09. The second-order valence-electron chi connectivity index (χ2n) is 4.10. The molecule has 0 atom stereocenters. The molecule has 2 aromatic carbocycles. The molecule has 2 aromatic rings. The highest BCUT2D eigenvalue weighted by Gasteiger charge is 1.96. The molecule has 0 heterocycles. The minimum atomic E-state index is 0.803. The van der Waals surface area contributed by atoms with Crippen molar-refractivity contribution >= 4 is 23.4 Å². The predicted molar refractivity (Wildman–Crippen MR) is 77.6 cm³/mol. The van der Waals surface area contributed by atoms with Crippen LogP contribution in [0.4, 0.5) is 0 Å². The van der Waals surface area contributed by atoms with E-state index in [9.17, 15) is 0 Å². The molecule has 0 fully saturated rings. The number of benzene rings is 2. The molecule has 0 aliphatic rings. The van der Waals surface area contributed by atoms with Crippen molar-refractivity contribution in [3.63, 3.8) is 0 Å². The van der Waals surface area contributed by atoms with Gasteiger partial charge in [-0.05, 0) is 30.2 Å². The van der Waals surface area contributed by atoms with Gasteiger partial charge in [0, 0.05) is 16.5 Å². The standard InChI is InChI=1S/C15H15ClS/c1-12-2-4-13(5-3-12)10-17-11-14-6-8-15(16)9-7-14/h2-9H,10-11H2,1H3. The summed E-state index contributed by atoms with van der Waals surface area (Å²) in [5, 5.41) is 0.803. The molecule has 0 spiro atoms. The van der Waals surface area contributed by atoms with Gasteiger partial charge in [0.15, 0.2) is 0 Å². The van der Waals surface area contributed by atoms with Crippen LogP contribution in [0.2, 0.25) is 5.02 Å². The van der Waals surface area contributed by atoms with Gasteiger partial charge in [-0.15, -0.1) is 0 Å². The smallest absolute Gasteiger partial charge is 0.0406 e. The fraction of sp³-hybridized carbons (Fsp3) is 0.200. The maximum atomic E-state index is 5.85. The number of hydrogen-bond donors (Lipinski definition) is 0. The molecule has 0 nitrogen and oxygen atoms in total. The molecule has 0 aliphatic carbocycles. The van der Waals surface area contributed by atoms with Gasteiger partial charge in [0.25, 0.3) is 0 Å². The fourth-order valence-electron chi connectivity index (χ4n) is 1.55. The van der Waals surface area contributed by atoms with Crippen LogP contribution in [-0.4, -0.2) is 0 Å². The monoisotopic (exact) mass is 262 g/mol. The first-order valence-electron chi connectivity index (χ1n) is 5.62. The second-order valence-corrected chi connectivity index (χ2v) is 5.53. The molecule has 0 bridgehead atoms. The Morgan fingerprint density at radius 1 is 0.824 bits per heavy atom. The Balaban J connectivity index is 1.83. The van der Waals surface area contributed by atoms with Crippen molar-refractivity contribution in [2.24, 2.45) is 0 Å². The van der Waals surface area contributed by atoms with Gasteiger partial charge in [0.1, 0.15) is 0 Å². The van der Waals surface area contributed by atoms with Crippen molar-refractivity contribution in [3.8, 4) is 0 Å². The molecular formula is C15H15ClS. The van der Waals surface area contributed by atoms with Gasteiger partial charge in [-0.3, -0.25) is 0 Å². The van der Waals surface area contributed by atoms with Crippen LogP contribution in [0.25, 0.3) is 0 Å². The van der Waals surface area contributed by atoms with Gasteiger partial charge in [-0.2, -0.15) is 11.8 Å². The van der Waals surface area contributed by atoms with E-state index in [-0.39, 0.29) is 0 Å². The van der Waals surface area contributed by atoms with E-state index in [1.165, 1.54) is 16.7 Å². The predicted octanol–water partition coefficient (Wildman–Crippen LogP) is 5.08. The average molecular weight is 263 g/mol. The first-order valence-corrected chi connectivity index (χ1v) is 7.15. The van der Waals surface area contributed by atoms with Crippen molar-refractivity contribution in [1.82, 2.24) is 0 Å². The summed E-state index contributed by atoms with van der Waals surface area (Å²) in [5.41, 5.74) is 4.03. The molecule has 0 amide bonds. The Hall–Kier alpha value is -0.920. The summed E-state index contributed by atoms with van der Waals surface area (Å²) in [4.78, 5) is 0. The third-order valence-electron chi connectivity index (χ3n) is 2.57. The average Bonchev–Trinajstić information content (AvgIpc) is 2.34. The van der Waals surface area contributed by atoms with Gasteiger partial charge in [0.05, 0.1) is 0 Å². The highest BCUT2D eigenvalue weighted by Crippen LogP contribution is 2.19. The molecule has 0 radical (unpaired) electrons. The largest absolute Gasteiger partial charge is 0.152 e. The minimum absolute atomic E-state index is 0.803. The summed E-state index contributed by atoms with van der Waals surface area (Å²) in [7, 11) is 0. The Morgan fingerprint density at radius 2 is 1.29 bits per heavy atom. The lowest BCUT2D eigenvalue weighted by molar-refractivity contribution is 1.34. The SMILES string of the molecule is Cc1ccc(CSCc2ccc(Cl)cc2)cc1. The Morgan fingerprint density at radius 3 is 1.82 bits per heavy atom. The van der Waals surface area contributed by atoms with E-state index in [0.29, 0.717) is 0 Å². The highest BCUT2D eigenvalue weighted by atomic mass is 35.5. The number of hydrogen-bond acceptors (Lipinski definition) is 1. The van der Waals surface area contributed by atoms with Crippen molar-refractivity contribution in [2.75, 3.05) is 0 Å². The topological polar surface area (TPSA) is 0 Å². The van der Waals surface area contributed by atoms with E-state index in [2.05, 4.69) is 43.3 Å². The van der Waals surface area contributed by atoms with Gasteiger partial charge in [-0.25, -0.2) is 0 Å². The van der Waals surface area contributed by atoms with E-state index < -0.39 is 0 Å². The van der Waals surface area contributed by atoms with Crippen LogP contribution in [-0.2, 0) is 11.5 Å². The molecule has 0 aromatic heterocycles. The summed E-state index contributed by atoms with van der Waals surface area (Å²) >= 11 is 7.78. The molecule has 88 valence electrons. The Labute approximate surface area is 112 Å². The van der Waals surface area contributed by atoms with Crippen LogP contribution in [0.5, 0.6) is 0 Å². The lowest BCUT2D eigenvalue weighted by Crippen LogP contribution is -1.83. The minimum Gasteiger partial charge on any atom is -0.152 e. The Bertz CT molecular complexity index is 414. The maximum Gasteiger partial charge on any atom is 0.0406 e. The van der Waals surface area contributed by atoms with Gasteiger partial charge < -0.3 is 0 Å². The molecule has 2 rings (SSSR count). The molecule has 0 saturated carbocycles. The molecular weight excluding hydrogens is 248 g/mol. The molecule has 2 heteroatoms. The van der Waals surface area contributed by atoms with Crippen LogP contribution < -0.4 is 0 Å². The summed E-state index contributed by atoms with van der Waals surface area (Å²) in [6, 6.07) is 16.8. The second kappa shape index (κ2) is 6.13. The van der Waals surface area contributed by atoms with Gasteiger partial charge in [0.2, 0.25) is 0 Å². The quantitative estimate of drug-likeness (QED) is 0.740. The van der Waals surface area contributed by atoms with Crippen molar-refractivity contribution in [3.05, 3.63) is 70.2 Å². The van der Waals surface area contributed by atoms with Crippen LogP contribution >= 0.6 is 23.4 Å². The van der Waals surface area contributed by atoms with Gasteiger partial charge in [-0.1, -0.05) is 53.6 Å². The van der Waals surface area contributed by atoms with Crippen LogP contribution in [0, 0.1) is 6.92 Å². The number of halogens is 1. The zero-order valence-electron chi connectivity index (χ0n) is 9.82. The first kappa shape index (κ1) is 12.5. The third-order valence-corrected chi connectivity index (χ3v) is 3.90. The van der Waals surface area contributed by atoms with Crippen LogP contribution in [0.3, 0.4) is 0 Å². The van der Waals surface area contributed by atoms with Crippen LogP contribution in [0.15, 0.2) is 48.5 Å². The lowest BCUT2D eigenvalue weighted by atomic mass is 10.2. The zero-order valence-corrected chi connectivity index (χ0v) is 11.4. The van der Waals surface area contributed by atoms with E-state index in [0.717, 1.165) is 16.5 Å². The third kappa shape index (κ3) is 4.10. The van der Waals surface area contributed by atoms with Gasteiger partial charge >= 0.3 is 0 Å². The van der Waals surface area contributed by atoms with Crippen molar-refractivity contribution in [2.45, 2.75) is 18.4 Å². The van der Waals surface area contributed by atoms with E-state index in [1.807, 2.05) is 23.9 Å². The normalized spacial score (nSPS) is 10.5. The Kier molecular flexibility index (Phi) is 4.52. The lowest BCUT2D eigenvalue weighted by Gasteiger charge is -2.03. The fourth-order valence-corrected chi connectivity index (χ4v) is 2.64. The molecule has 0 aliphatic heterocycles. The van der Waals surface area contributed by atoms with Crippen molar-refractivity contribution < 1.29 is 0 Å². The molecule has 0 N–H and O–H groups in total. The number of thioether (sulfide) groups is 1. The molecule has 0 saturated heterocycles. The summed E-state index contributed by atoms with van der Waals surface area (Å²) < 4.78 is 0. The maximum absolute atomic E-state index is 5.85. The number of rotatable bonds is 4. The first-order chi connectivity index (χ1) is 8.24. The van der Waals surface area contributed by atoms with Crippen molar-refractivity contribution in [1.29, 1.82) is 0 Å². The van der Waals surface area contributed by atoms with E-state index >= 15 is 0 Å². The van der Waals surface area contributed by atoms with Crippen LogP contribution in [0.1, 0.15) is 16.7 Å². The highest BCUT2D eigenvalue weighted by molar-refractivity contribution is 7.97. The zero-order chi connectivity index (χ0) is 12.1. The molecule has 17 heavy (non-hydrogen) atoms. The van der Waals surface area contributed by atoms with E-state index in [1.54, 1.807) is 0 Å². The summed E-state index contributed by atoms with van der Waals surface area (Å²) in [6.07, 6.45) is 0. The van der Waals surface area contributed by atoms with E-state index in [4.69, 9.17) is 11.6 Å². The summed E-state index contributed by atoms with van der Waals surface area (Å²) in [6.45, 7) is 2.12. The number of aryl methyl sites for hydroxylation is 1. The molecule has 0 unspecified atom stereocenters.